The van der Waals surface area contributed by atoms with Crippen LogP contribution in [0.5, 0.6) is 5.75 Å². The second kappa shape index (κ2) is 10.3. The van der Waals surface area contributed by atoms with Gasteiger partial charge in [0.1, 0.15) is 18.0 Å². The third-order valence-corrected chi connectivity index (χ3v) is 2.89. The van der Waals surface area contributed by atoms with E-state index in [1.54, 1.807) is 45.0 Å². The number of nitrogens with one attached hydrogen (secondary N) is 3. The number of urea groups is 1. The quantitative estimate of drug-likeness (QED) is 0.687. The van der Waals surface area contributed by atoms with Crippen LogP contribution < -0.4 is 20.7 Å². The third kappa shape index (κ3) is 8.91. The minimum atomic E-state index is -0.627. The Morgan fingerprint density at radius 2 is 1.81 bits per heavy atom. The molecule has 0 aliphatic rings. The average Bonchev–Trinajstić information content (AvgIpc) is 2.55. The Hall–Kier alpha value is -2.77. The number of ether oxygens (including phenoxy) is 2. The van der Waals surface area contributed by atoms with Crippen molar-refractivity contribution in [3.05, 3.63) is 36.2 Å². The predicted octanol–water partition coefficient (Wildman–Crippen LogP) is 3.58. The Kier molecular flexibility index (Phi) is 8.41. The van der Waals surface area contributed by atoms with Crippen molar-refractivity contribution in [2.45, 2.75) is 33.3 Å². The summed E-state index contributed by atoms with van der Waals surface area (Å²) >= 11 is 0. The Morgan fingerprint density at radius 3 is 2.35 bits per heavy atom. The van der Waals surface area contributed by atoms with Gasteiger partial charge in [-0.3, -0.25) is 0 Å². The van der Waals surface area contributed by atoms with E-state index < -0.39 is 11.7 Å². The first kappa shape index (κ1) is 21.3. The molecule has 0 bridgehead atoms. The molecule has 0 radical (unpaired) electrons. The van der Waals surface area contributed by atoms with Crippen LogP contribution in [-0.4, -0.2) is 37.4 Å². The fraction of sp³-hybridized carbons (Fsp3) is 0.444. The highest BCUT2D eigenvalue weighted by Crippen LogP contribution is 2.16. The topological polar surface area (TPSA) is 88.7 Å². The number of rotatable bonds is 7. The van der Waals surface area contributed by atoms with Crippen LogP contribution >= 0.6 is 0 Å². The van der Waals surface area contributed by atoms with Crippen molar-refractivity contribution >= 4 is 17.8 Å². The molecule has 0 heterocycles. The lowest BCUT2D eigenvalue weighted by Crippen LogP contribution is -2.34. The van der Waals surface area contributed by atoms with E-state index in [0.29, 0.717) is 24.3 Å². The maximum atomic E-state index is 12.9. The fourth-order valence-electron chi connectivity index (χ4n) is 1.77. The van der Waals surface area contributed by atoms with Gasteiger partial charge in [0.05, 0.1) is 6.33 Å². The van der Waals surface area contributed by atoms with Gasteiger partial charge in [-0.15, -0.1) is 0 Å². The minimum Gasteiger partial charge on any atom is -0.489 e. The summed E-state index contributed by atoms with van der Waals surface area (Å²) < 4.78 is 23.5. The Balaban J connectivity index is 2.44. The molecule has 3 amide bonds. The number of carbonyl (C=O) groups excluding carboxylic acids is 2. The lowest BCUT2D eigenvalue weighted by Gasteiger charge is -2.20. The van der Waals surface area contributed by atoms with Crippen molar-refractivity contribution in [1.29, 1.82) is 0 Å². The molecule has 8 heteroatoms. The zero-order valence-corrected chi connectivity index (χ0v) is 15.5. The smallest absolute Gasteiger partial charge is 0.407 e. The number of benzene rings is 1. The number of halogens is 1. The standard InChI is InChI=1S/C18H26FN3O4/c1-5-20-16(23)22-14-6-8-15(9-7-14)25-12-13(10-19)11-21-17(24)26-18(2,3)4/h6-10H,5,11-12H2,1-4H3,(H,21,24)(H2,20,22,23)/b13-10+. The molecule has 0 aliphatic carbocycles. The number of hydrogen-bond acceptors (Lipinski definition) is 4. The summed E-state index contributed by atoms with van der Waals surface area (Å²) in [6, 6.07) is 6.35. The molecule has 0 aromatic heterocycles. The molecular formula is C18H26FN3O4. The van der Waals surface area contributed by atoms with Crippen LogP contribution in [0.1, 0.15) is 27.7 Å². The number of anilines is 1. The van der Waals surface area contributed by atoms with Crippen molar-refractivity contribution in [1.82, 2.24) is 10.6 Å². The molecule has 3 N–H and O–H groups in total. The highest BCUT2D eigenvalue weighted by atomic mass is 19.1. The lowest BCUT2D eigenvalue weighted by molar-refractivity contribution is 0.0531. The Morgan fingerprint density at radius 1 is 1.15 bits per heavy atom. The maximum absolute atomic E-state index is 12.9. The molecule has 1 aromatic rings. The fourth-order valence-corrected chi connectivity index (χ4v) is 1.77. The van der Waals surface area contributed by atoms with Gasteiger partial charge in [-0.25, -0.2) is 14.0 Å². The first-order valence-electron chi connectivity index (χ1n) is 8.26. The first-order chi connectivity index (χ1) is 12.2. The van der Waals surface area contributed by atoms with E-state index in [-0.39, 0.29) is 24.8 Å². The van der Waals surface area contributed by atoms with Crippen LogP contribution in [0, 0.1) is 0 Å². The molecule has 0 fully saturated rings. The van der Waals surface area contributed by atoms with E-state index in [0.717, 1.165) is 0 Å². The molecule has 1 aromatic carbocycles. The molecule has 7 nitrogen and oxygen atoms in total. The van der Waals surface area contributed by atoms with E-state index in [9.17, 15) is 14.0 Å². The maximum Gasteiger partial charge on any atom is 0.407 e. The SMILES string of the molecule is CCNC(=O)Nc1ccc(OC/C(=C/F)CNC(=O)OC(C)(C)C)cc1. The van der Waals surface area contributed by atoms with E-state index >= 15 is 0 Å². The lowest BCUT2D eigenvalue weighted by atomic mass is 10.2. The monoisotopic (exact) mass is 367 g/mol. The van der Waals surface area contributed by atoms with Crippen LogP contribution in [0.3, 0.4) is 0 Å². The van der Waals surface area contributed by atoms with E-state index in [1.165, 1.54) is 0 Å². The molecule has 0 spiro atoms. The molecule has 0 atom stereocenters. The van der Waals surface area contributed by atoms with Gasteiger partial charge in [0, 0.05) is 24.4 Å². The zero-order valence-electron chi connectivity index (χ0n) is 15.5. The molecule has 0 aliphatic heterocycles. The highest BCUT2D eigenvalue weighted by molar-refractivity contribution is 5.89. The summed E-state index contributed by atoms with van der Waals surface area (Å²) in [6.07, 6.45) is -0.236. The normalized spacial score (nSPS) is 11.5. The van der Waals surface area contributed by atoms with Gasteiger partial charge in [0.2, 0.25) is 0 Å². The van der Waals surface area contributed by atoms with Crippen molar-refractivity contribution < 1.29 is 23.5 Å². The summed E-state index contributed by atoms with van der Waals surface area (Å²) in [4.78, 5) is 23.0. The molecule has 144 valence electrons. The van der Waals surface area contributed by atoms with Crippen LogP contribution in [-0.2, 0) is 4.74 Å². The van der Waals surface area contributed by atoms with Crippen LogP contribution in [0.4, 0.5) is 19.7 Å². The molecule has 0 saturated carbocycles. The Bertz CT molecular complexity index is 624. The third-order valence-electron chi connectivity index (χ3n) is 2.89. The van der Waals surface area contributed by atoms with Crippen molar-refractivity contribution in [3.63, 3.8) is 0 Å². The zero-order chi connectivity index (χ0) is 19.6. The number of alkyl carbamates (subject to hydrolysis) is 1. The van der Waals surface area contributed by atoms with Gasteiger partial charge in [-0.1, -0.05) is 0 Å². The minimum absolute atomic E-state index is 0.0256. The summed E-state index contributed by atoms with van der Waals surface area (Å²) in [5, 5.41) is 7.74. The largest absolute Gasteiger partial charge is 0.489 e. The van der Waals surface area contributed by atoms with Crippen molar-refractivity contribution in [3.8, 4) is 5.75 Å². The second-order valence-corrected chi connectivity index (χ2v) is 6.42. The number of amides is 3. The summed E-state index contributed by atoms with van der Waals surface area (Å²) in [7, 11) is 0. The van der Waals surface area contributed by atoms with Gasteiger partial charge in [-0.05, 0) is 52.0 Å². The number of carbonyl (C=O) groups is 2. The van der Waals surface area contributed by atoms with Crippen LogP contribution in [0.2, 0.25) is 0 Å². The van der Waals surface area contributed by atoms with Crippen molar-refractivity contribution in [2.75, 3.05) is 25.0 Å². The van der Waals surface area contributed by atoms with Crippen LogP contribution in [0.15, 0.2) is 36.2 Å². The van der Waals surface area contributed by atoms with E-state index in [4.69, 9.17) is 9.47 Å². The van der Waals surface area contributed by atoms with Gasteiger partial charge < -0.3 is 25.4 Å². The van der Waals surface area contributed by atoms with Gasteiger partial charge in [0.15, 0.2) is 0 Å². The molecule has 0 unspecified atom stereocenters. The molecule has 26 heavy (non-hydrogen) atoms. The number of hydrogen-bond donors (Lipinski definition) is 3. The van der Waals surface area contributed by atoms with E-state index in [2.05, 4.69) is 16.0 Å². The molecular weight excluding hydrogens is 341 g/mol. The first-order valence-corrected chi connectivity index (χ1v) is 8.26. The van der Waals surface area contributed by atoms with Gasteiger partial charge >= 0.3 is 12.1 Å². The predicted molar refractivity (Wildman–Crippen MR) is 98.1 cm³/mol. The van der Waals surface area contributed by atoms with E-state index in [1.807, 2.05) is 6.92 Å². The summed E-state index contributed by atoms with van der Waals surface area (Å²) in [5.41, 5.74) is 0.237. The van der Waals surface area contributed by atoms with Gasteiger partial charge in [-0.2, -0.15) is 0 Å². The van der Waals surface area contributed by atoms with Gasteiger partial charge in [0.25, 0.3) is 0 Å². The summed E-state index contributed by atoms with van der Waals surface area (Å²) in [5.74, 6) is 0.503. The molecule has 1 rings (SSSR count). The summed E-state index contributed by atoms with van der Waals surface area (Å²) in [6.45, 7) is 7.52. The second-order valence-electron chi connectivity index (χ2n) is 6.42. The highest BCUT2D eigenvalue weighted by Gasteiger charge is 2.16. The van der Waals surface area contributed by atoms with Crippen LogP contribution in [0.25, 0.3) is 0 Å². The molecule has 0 saturated heterocycles. The van der Waals surface area contributed by atoms with Crippen molar-refractivity contribution in [2.24, 2.45) is 0 Å². The average molecular weight is 367 g/mol. The Labute approximate surface area is 152 Å².